The first-order chi connectivity index (χ1) is 12.7. The number of ether oxygens (including phenoxy) is 2. The molecule has 7 heteroatoms. The highest BCUT2D eigenvalue weighted by Gasteiger charge is 2.25. The Morgan fingerprint density at radius 3 is 2.63 bits per heavy atom. The van der Waals surface area contributed by atoms with E-state index in [2.05, 4.69) is 29.0 Å². The molecule has 1 saturated heterocycles. The second-order valence-electron chi connectivity index (χ2n) is 7.94. The summed E-state index contributed by atoms with van der Waals surface area (Å²) in [5, 5.41) is 2.93. The number of morpholine rings is 1. The van der Waals surface area contributed by atoms with Gasteiger partial charge < -0.3 is 19.8 Å². The second kappa shape index (κ2) is 9.37. The number of hydrogen-bond donors (Lipinski definition) is 2. The zero-order chi connectivity index (χ0) is 20.1. The van der Waals surface area contributed by atoms with E-state index in [9.17, 15) is 9.59 Å². The van der Waals surface area contributed by atoms with Crippen molar-refractivity contribution in [2.45, 2.75) is 53.8 Å². The van der Waals surface area contributed by atoms with Crippen molar-refractivity contribution in [3.8, 4) is 0 Å². The molecule has 1 amide bonds. The number of nitrogens with one attached hydrogen (secondary N) is 2. The molecule has 2 rings (SSSR count). The third-order valence-electron chi connectivity index (χ3n) is 4.55. The minimum absolute atomic E-state index is 0.0248. The number of amides is 1. The lowest BCUT2D eigenvalue weighted by molar-refractivity contribution is -0.0295. The van der Waals surface area contributed by atoms with Gasteiger partial charge in [-0.25, -0.2) is 4.79 Å². The maximum atomic E-state index is 12.6. The van der Waals surface area contributed by atoms with Crippen molar-refractivity contribution in [3.63, 3.8) is 0 Å². The summed E-state index contributed by atoms with van der Waals surface area (Å²) in [6.07, 6.45) is -0.232. The highest BCUT2D eigenvalue weighted by molar-refractivity contribution is 6.00. The number of H-pyrrole nitrogens is 1. The van der Waals surface area contributed by atoms with E-state index in [1.807, 2.05) is 0 Å². The van der Waals surface area contributed by atoms with E-state index in [4.69, 9.17) is 9.47 Å². The van der Waals surface area contributed by atoms with Gasteiger partial charge in [-0.3, -0.25) is 9.69 Å². The standard InChI is InChI=1S/C20H33N3O4/c1-12(2)10-23-7-8-26-16(11-23)9-21-19(24)18-14(5)17(15(6)22-18)20(25)27-13(3)4/h12-13,16,22H,7-11H2,1-6H3,(H,21,24). The predicted molar refractivity (Wildman–Crippen MR) is 104 cm³/mol. The van der Waals surface area contributed by atoms with Crippen LogP contribution < -0.4 is 5.32 Å². The van der Waals surface area contributed by atoms with Crippen LogP contribution in [0.5, 0.6) is 0 Å². The Kier molecular flexibility index (Phi) is 7.44. The molecule has 1 aliphatic rings. The van der Waals surface area contributed by atoms with Crippen LogP contribution in [0.3, 0.4) is 0 Å². The Hall–Kier alpha value is -1.86. The first-order valence-corrected chi connectivity index (χ1v) is 9.71. The fourth-order valence-corrected chi connectivity index (χ4v) is 3.44. The Bertz CT molecular complexity index is 666. The largest absolute Gasteiger partial charge is 0.459 e. The van der Waals surface area contributed by atoms with E-state index in [1.165, 1.54) is 0 Å². The van der Waals surface area contributed by atoms with E-state index < -0.39 is 5.97 Å². The molecule has 27 heavy (non-hydrogen) atoms. The number of nitrogens with zero attached hydrogens (tertiary/aromatic N) is 1. The molecule has 2 N–H and O–H groups in total. The smallest absolute Gasteiger partial charge is 0.340 e. The summed E-state index contributed by atoms with van der Waals surface area (Å²) in [5.74, 6) is -0.0362. The molecule has 1 unspecified atom stereocenters. The molecule has 7 nitrogen and oxygen atoms in total. The highest BCUT2D eigenvalue weighted by atomic mass is 16.5. The molecule has 1 atom stereocenters. The van der Waals surface area contributed by atoms with Gasteiger partial charge in [0.05, 0.1) is 24.4 Å². The van der Waals surface area contributed by atoms with Crippen LogP contribution >= 0.6 is 0 Å². The van der Waals surface area contributed by atoms with Crippen LogP contribution in [0.1, 0.15) is 59.8 Å². The van der Waals surface area contributed by atoms with Gasteiger partial charge in [-0.05, 0) is 39.2 Å². The van der Waals surface area contributed by atoms with E-state index in [0.29, 0.717) is 41.6 Å². The topological polar surface area (TPSA) is 83.7 Å². The number of hydrogen-bond acceptors (Lipinski definition) is 5. The normalized spacial score (nSPS) is 18.1. The third kappa shape index (κ3) is 5.81. The SMILES string of the molecule is Cc1[nH]c(C(=O)NCC2CN(CC(C)C)CCO2)c(C)c1C(=O)OC(C)C. The zero-order valence-electron chi connectivity index (χ0n) is 17.3. The lowest BCUT2D eigenvalue weighted by Crippen LogP contribution is -2.48. The van der Waals surface area contributed by atoms with Crippen LogP contribution in [0.15, 0.2) is 0 Å². The number of rotatable bonds is 7. The lowest BCUT2D eigenvalue weighted by Gasteiger charge is -2.33. The minimum atomic E-state index is -0.407. The van der Waals surface area contributed by atoms with Crippen molar-refractivity contribution >= 4 is 11.9 Å². The summed E-state index contributed by atoms with van der Waals surface area (Å²) in [6.45, 7) is 15.4. The fourth-order valence-electron chi connectivity index (χ4n) is 3.44. The Balaban J connectivity index is 1.97. The van der Waals surface area contributed by atoms with Crippen molar-refractivity contribution < 1.29 is 19.1 Å². The quantitative estimate of drug-likeness (QED) is 0.710. The molecule has 1 fully saturated rings. The fraction of sp³-hybridized carbons (Fsp3) is 0.700. The number of aromatic nitrogens is 1. The number of carbonyl (C=O) groups excluding carboxylic acids is 2. The molecule has 0 spiro atoms. The molecular formula is C20H33N3O4. The van der Waals surface area contributed by atoms with E-state index in [-0.39, 0.29) is 18.1 Å². The third-order valence-corrected chi connectivity index (χ3v) is 4.55. The minimum Gasteiger partial charge on any atom is -0.459 e. The second-order valence-corrected chi connectivity index (χ2v) is 7.94. The Morgan fingerprint density at radius 1 is 1.30 bits per heavy atom. The maximum absolute atomic E-state index is 12.6. The van der Waals surface area contributed by atoms with Gasteiger partial charge in [0.1, 0.15) is 5.69 Å². The van der Waals surface area contributed by atoms with Crippen molar-refractivity contribution in [3.05, 3.63) is 22.5 Å². The molecule has 1 aromatic rings. The van der Waals surface area contributed by atoms with Crippen LogP contribution in [0, 0.1) is 19.8 Å². The van der Waals surface area contributed by atoms with Crippen molar-refractivity contribution in [2.75, 3.05) is 32.8 Å². The Morgan fingerprint density at radius 2 is 2.00 bits per heavy atom. The molecule has 1 aromatic heterocycles. The first kappa shape index (κ1) is 21.4. The van der Waals surface area contributed by atoms with Gasteiger partial charge in [0.2, 0.25) is 0 Å². The summed E-state index contributed by atoms with van der Waals surface area (Å²) in [6, 6.07) is 0. The molecule has 1 aliphatic heterocycles. The van der Waals surface area contributed by atoms with Gasteiger partial charge in [0.25, 0.3) is 5.91 Å². The van der Waals surface area contributed by atoms with Crippen molar-refractivity contribution in [1.29, 1.82) is 0 Å². The maximum Gasteiger partial charge on any atom is 0.340 e. The molecule has 0 radical (unpaired) electrons. The monoisotopic (exact) mass is 379 g/mol. The first-order valence-electron chi connectivity index (χ1n) is 9.71. The molecule has 0 aromatic carbocycles. The van der Waals surface area contributed by atoms with E-state index in [0.717, 1.165) is 19.6 Å². The summed E-state index contributed by atoms with van der Waals surface area (Å²) in [7, 11) is 0. The number of carbonyl (C=O) groups is 2. The van der Waals surface area contributed by atoms with Crippen LogP contribution in [-0.4, -0.2) is 66.8 Å². The molecule has 152 valence electrons. The lowest BCUT2D eigenvalue weighted by atomic mass is 10.1. The summed E-state index contributed by atoms with van der Waals surface area (Å²) < 4.78 is 11.0. The molecule has 0 aliphatic carbocycles. The predicted octanol–water partition coefficient (Wildman–Crippen LogP) is 2.28. The Labute approximate surface area is 161 Å². The summed E-state index contributed by atoms with van der Waals surface area (Å²) in [5.41, 5.74) is 2.09. The summed E-state index contributed by atoms with van der Waals surface area (Å²) in [4.78, 5) is 30.3. The zero-order valence-corrected chi connectivity index (χ0v) is 17.3. The van der Waals surface area contributed by atoms with Gasteiger partial charge in [-0.1, -0.05) is 13.8 Å². The van der Waals surface area contributed by atoms with Gasteiger partial charge in [-0.2, -0.15) is 0 Å². The van der Waals surface area contributed by atoms with Gasteiger partial charge in [-0.15, -0.1) is 0 Å². The van der Waals surface area contributed by atoms with Crippen molar-refractivity contribution in [2.24, 2.45) is 5.92 Å². The number of aryl methyl sites for hydroxylation is 1. The van der Waals surface area contributed by atoms with Gasteiger partial charge >= 0.3 is 5.97 Å². The molecule has 0 bridgehead atoms. The van der Waals surface area contributed by atoms with Crippen LogP contribution in [0.4, 0.5) is 0 Å². The van der Waals surface area contributed by atoms with Crippen molar-refractivity contribution in [1.82, 2.24) is 15.2 Å². The number of aromatic amines is 1. The molecule has 0 saturated carbocycles. The van der Waals surface area contributed by atoms with E-state index in [1.54, 1.807) is 27.7 Å². The van der Waals surface area contributed by atoms with Gasteiger partial charge in [0, 0.05) is 31.9 Å². The van der Waals surface area contributed by atoms with Crippen LogP contribution in [-0.2, 0) is 9.47 Å². The van der Waals surface area contributed by atoms with E-state index >= 15 is 0 Å². The van der Waals surface area contributed by atoms with Crippen LogP contribution in [0.2, 0.25) is 0 Å². The van der Waals surface area contributed by atoms with Crippen LogP contribution in [0.25, 0.3) is 0 Å². The van der Waals surface area contributed by atoms with Gasteiger partial charge in [0.15, 0.2) is 0 Å². The average molecular weight is 380 g/mol. The highest BCUT2D eigenvalue weighted by Crippen LogP contribution is 2.19. The summed E-state index contributed by atoms with van der Waals surface area (Å²) >= 11 is 0. The number of esters is 1. The average Bonchev–Trinajstić information content (AvgIpc) is 2.86. The molecular weight excluding hydrogens is 346 g/mol. The molecule has 2 heterocycles.